The van der Waals surface area contributed by atoms with Crippen molar-refractivity contribution in [2.75, 3.05) is 44.2 Å². The summed E-state index contributed by atoms with van der Waals surface area (Å²) in [5.41, 5.74) is 1.29. The second-order valence-electron chi connectivity index (χ2n) is 8.34. The van der Waals surface area contributed by atoms with E-state index < -0.39 is 10.0 Å². The van der Waals surface area contributed by atoms with Gasteiger partial charge in [0.15, 0.2) is 0 Å². The highest BCUT2D eigenvalue weighted by Crippen LogP contribution is 2.27. The summed E-state index contributed by atoms with van der Waals surface area (Å²) in [6.45, 7) is 6.67. The maximum absolute atomic E-state index is 13.3. The van der Waals surface area contributed by atoms with E-state index in [1.54, 1.807) is 4.90 Å². The molecule has 4 rings (SSSR count). The number of para-hydroxylation sites is 1. The first kappa shape index (κ1) is 23.0. The number of benzene rings is 2. The lowest BCUT2D eigenvalue weighted by molar-refractivity contribution is -0.0586. The molecule has 9 heteroatoms. The molecule has 32 heavy (non-hydrogen) atoms. The van der Waals surface area contributed by atoms with Crippen LogP contribution in [0, 0.1) is 0 Å². The van der Waals surface area contributed by atoms with E-state index >= 15 is 0 Å². The molecule has 0 bridgehead atoms. The smallest absolute Gasteiger partial charge is 0.255 e. The molecule has 2 aromatic carbocycles. The molecule has 2 aromatic rings. The molecule has 2 saturated heterocycles. The second-order valence-corrected chi connectivity index (χ2v) is 10.7. The number of piperazine rings is 1. The molecule has 2 aliphatic rings. The van der Waals surface area contributed by atoms with Gasteiger partial charge in [-0.25, -0.2) is 8.42 Å². The highest BCUT2D eigenvalue weighted by atomic mass is 35.5. The Bertz CT molecular complexity index is 1060. The zero-order valence-electron chi connectivity index (χ0n) is 18.3. The fourth-order valence-corrected chi connectivity index (χ4v) is 5.96. The maximum Gasteiger partial charge on any atom is 0.255 e. The van der Waals surface area contributed by atoms with E-state index in [0.717, 1.165) is 5.69 Å². The second kappa shape index (κ2) is 9.39. The Hall–Kier alpha value is -2.13. The summed E-state index contributed by atoms with van der Waals surface area (Å²) in [7, 11) is -3.74. The summed E-state index contributed by atoms with van der Waals surface area (Å²) < 4.78 is 33.8. The molecule has 0 unspecified atom stereocenters. The molecule has 0 radical (unpaired) electrons. The van der Waals surface area contributed by atoms with Gasteiger partial charge in [-0.05, 0) is 44.2 Å². The molecular weight excluding hydrogens is 450 g/mol. The van der Waals surface area contributed by atoms with Gasteiger partial charge >= 0.3 is 0 Å². The van der Waals surface area contributed by atoms with Gasteiger partial charge in [-0.15, -0.1) is 0 Å². The highest BCUT2D eigenvalue weighted by Gasteiger charge is 2.32. The van der Waals surface area contributed by atoms with Gasteiger partial charge in [-0.1, -0.05) is 29.8 Å². The number of nitrogens with zero attached hydrogens (tertiary/aromatic N) is 3. The van der Waals surface area contributed by atoms with Gasteiger partial charge in [0, 0.05) is 45.0 Å². The first-order valence-corrected chi connectivity index (χ1v) is 12.6. The molecular formula is C23H28ClN3O4S. The molecule has 7 nitrogen and oxygen atoms in total. The Kier molecular flexibility index (Phi) is 6.76. The average Bonchev–Trinajstić information content (AvgIpc) is 2.79. The van der Waals surface area contributed by atoms with Crippen LogP contribution in [0.15, 0.2) is 53.4 Å². The SMILES string of the molecule is C[C@@H]1CN(C(=O)c2cc(S(=O)(=O)N3CCN(c4ccccc4)CC3)ccc2Cl)C[C@@H](C)O1. The van der Waals surface area contributed by atoms with Crippen LogP contribution in [0.1, 0.15) is 24.2 Å². The van der Waals surface area contributed by atoms with Crippen LogP contribution in [0.4, 0.5) is 5.69 Å². The van der Waals surface area contributed by atoms with Gasteiger partial charge in [0.05, 0.1) is 27.7 Å². The van der Waals surface area contributed by atoms with Gasteiger partial charge in [0.25, 0.3) is 5.91 Å². The van der Waals surface area contributed by atoms with Crippen LogP contribution in [0.25, 0.3) is 0 Å². The number of ether oxygens (including phenoxy) is 1. The summed E-state index contributed by atoms with van der Waals surface area (Å²) >= 11 is 6.31. The number of carbonyl (C=O) groups is 1. The van der Waals surface area contributed by atoms with Crippen LogP contribution in [0.3, 0.4) is 0 Å². The summed E-state index contributed by atoms with van der Waals surface area (Å²) in [6, 6.07) is 14.3. The van der Waals surface area contributed by atoms with Crippen LogP contribution in [0.2, 0.25) is 5.02 Å². The van der Waals surface area contributed by atoms with Crippen molar-refractivity contribution < 1.29 is 17.9 Å². The van der Waals surface area contributed by atoms with E-state index in [9.17, 15) is 13.2 Å². The normalized spacial score (nSPS) is 22.7. The monoisotopic (exact) mass is 477 g/mol. The van der Waals surface area contributed by atoms with E-state index in [0.29, 0.717) is 39.3 Å². The number of hydrogen-bond acceptors (Lipinski definition) is 5. The number of rotatable bonds is 4. The van der Waals surface area contributed by atoms with Gasteiger partial charge in [0.1, 0.15) is 0 Å². The molecule has 2 fully saturated rings. The van der Waals surface area contributed by atoms with Gasteiger partial charge < -0.3 is 14.5 Å². The van der Waals surface area contributed by atoms with Crippen LogP contribution in [-0.2, 0) is 14.8 Å². The number of anilines is 1. The lowest BCUT2D eigenvalue weighted by Crippen LogP contribution is -2.49. The lowest BCUT2D eigenvalue weighted by Gasteiger charge is -2.36. The minimum Gasteiger partial charge on any atom is -0.372 e. The van der Waals surface area contributed by atoms with Crippen LogP contribution in [-0.4, -0.2) is 75.0 Å². The number of carbonyl (C=O) groups excluding carboxylic acids is 1. The van der Waals surface area contributed by atoms with Crippen molar-refractivity contribution in [3.63, 3.8) is 0 Å². The van der Waals surface area contributed by atoms with Crippen molar-refractivity contribution >= 4 is 33.2 Å². The van der Waals surface area contributed by atoms with E-state index in [1.165, 1.54) is 22.5 Å². The van der Waals surface area contributed by atoms with Crippen LogP contribution >= 0.6 is 11.6 Å². The van der Waals surface area contributed by atoms with E-state index in [-0.39, 0.29) is 33.6 Å². The first-order chi connectivity index (χ1) is 15.3. The predicted octanol–water partition coefficient (Wildman–Crippen LogP) is 3.10. The minimum atomic E-state index is -3.74. The largest absolute Gasteiger partial charge is 0.372 e. The summed E-state index contributed by atoms with van der Waals surface area (Å²) in [4.78, 5) is 17.1. The Morgan fingerprint density at radius 1 is 0.969 bits per heavy atom. The van der Waals surface area contributed by atoms with Gasteiger partial charge in [0.2, 0.25) is 10.0 Å². The molecule has 1 amide bonds. The average molecular weight is 478 g/mol. The fourth-order valence-electron chi connectivity index (χ4n) is 4.32. The lowest BCUT2D eigenvalue weighted by atomic mass is 10.1. The third-order valence-electron chi connectivity index (χ3n) is 5.87. The fraction of sp³-hybridized carbons (Fsp3) is 0.435. The molecule has 0 N–H and O–H groups in total. The van der Waals surface area contributed by atoms with Crippen molar-refractivity contribution in [2.45, 2.75) is 31.0 Å². The maximum atomic E-state index is 13.3. The number of amides is 1. The van der Waals surface area contributed by atoms with Crippen molar-refractivity contribution in [3.05, 3.63) is 59.1 Å². The standard InChI is InChI=1S/C23H28ClN3O4S/c1-17-15-26(16-18(2)31-17)23(28)21-14-20(8-9-22(21)24)32(29,30)27-12-10-25(11-13-27)19-6-4-3-5-7-19/h3-9,14,17-18H,10-13,15-16H2,1-2H3/t17-,18-/m1/s1. The summed E-state index contributed by atoms with van der Waals surface area (Å²) in [6.07, 6.45) is -0.177. The quantitative estimate of drug-likeness (QED) is 0.676. The molecule has 172 valence electrons. The number of morpholine rings is 1. The zero-order valence-corrected chi connectivity index (χ0v) is 19.8. The molecule has 2 atom stereocenters. The predicted molar refractivity (Wildman–Crippen MR) is 125 cm³/mol. The number of sulfonamides is 1. The van der Waals surface area contributed by atoms with E-state index in [1.807, 2.05) is 44.2 Å². The molecule has 2 heterocycles. The van der Waals surface area contributed by atoms with E-state index in [2.05, 4.69) is 4.90 Å². The molecule has 0 saturated carbocycles. The topological polar surface area (TPSA) is 70.2 Å². The first-order valence-electron chi connectivity index (χ1n) is 10.8. The van der Waals surface area contributed by atoms with Crippen molar-refractivity contribution in [3.8, 4) is 0 Å². The Morgan fingerprint density at radius 3 is 2.22 bits per heavy atom. The zero-order chi connectivity index (χ0) is 22.9. The van der Waals surface area contributed by atoms with Gasteiger partial charge in [-0.3, -0.25) is 4.79 Å². The third kappa shape index (κ3) is 4.78. The molecule has 0 aromatic heterocycles. The summed E-state index contributed by atoms with van der Waals surface area (Å²) in [5, 5.41) is 0.245. The van der Waals surface area contributed by atoms with Gasteiger partial charge in [-0.2, -0.15) is 4.31 Å². The minimum absolute atomic E-state index is 0.0886. The van der Waals surface area contributed by atoms with Crippen molar-refractivity contribution in [1.29, 1.82) is 0 Å². The molecule has 0 aliphatic carbocycles. The van der Waals surface area contributed by atoms with Crippen molar-refractivity contribution in [1.82, 2.24) is 9.21 Å². The van der Waals surface area contributed by atoms with E-state index in [4.69, 9.17) is 16.3 Å². The molecule has 0 spiro atoms. The number of hydrogen-bond donors (Lipinski definition) is 0. The Labute approximate surface area is 194 Å². The number of halogens is 1. The summed E-state index contributed by atoms with van der Waals surface area (Å²) in [5.74, 6) is -0.275. The molecule has 2 aliphatic heterocycles. The van der Waals surface area contributed by atoms with Crippen LogP contribution in [0.5, 0.6) is 0 Å². The Balaban J connectivity index is 1.51. The Morgan fingerprint density at radius 2 is 1.59 bits per heavy atom. The third-order valence-corrected chi connectivity index (χ3v) is 8.10. The van der Waals surface area contributed by atoms with Crippen LogP contribution < -0.4 is 4.90 Å². The van der Waals surface area contributed by atoms with Crippen molar-refractivity contribution in [2.24, 2.45) is 0 Å². The highest BCUT2D eigenvalue weighted by molar-refractivity contribution is 7.89.